The quantitative estimate of drug-likeness (QED) is 0.497. The van der Waals surface area contributed by atoms with Gasteiger partial charge in [0.2, 0.25) is 6.41 Å². The van der Waals surface area contributed by atoms with Crippen LogP contribution in [-0.4, -0.2) is 22.4 Å². The van der Waals surface area contributed by atoms with Gasteiger partial charge in [0.25, 0.3) is 0 Å². The van der Waals surface area contributed by atoms with Gasteiger partial charge in [-0.05, 0) is 28.1 Å². The van der Waals surface area contributed by atoms with Gasteiger partial charge in [-0.2, -0.15) is 0 Å². The Morgan fingerprint density at radius 3 is 2.62 bits per heavy atom. The van der Waals surface area contributed by atoms with Crippen molar-refractivity contribution in [2.45, 2.75) is 0 Å². The predicted molar refractivity (Wildman–Crippen MR) is 57.4 cm³/mol. The van der Waals surface area contributed by atoms with Gasteiger partial charge in [-0.3, -0.25) is 14.9 Å². The standard InChI is InChI=1S/C8H5BrN2O5/c9-5-2-1-4(8(13)14)7(11(15)16)6(5)10-3-12/h1-3H,(H,10,12)(H,13,14). The molecular formula is C8H5BrN2O5. The molecule has 8 heteroatoms. The largest absolute Gasteiger partial charge is 0.477 e. The molecule has 16 heavy (non-hydrogen) atoms. The number of hydrogen-bond donors (Lipinski definition) is 2. The number of nitro groups is 1. The van der Waals surface area contributed by atoms with Crippen molar-refractivity contribution in [3.05, 3.63) is 32.3 Å². The molecule has 7 nitrogen and oxygen atoms in total. The molecule has 0 spiro atoms. The number of carboxylic acid groups (broad SMARTS) is 1. The lowest BCUT2D eigenvalue weighted by Crippen LogP contribution is -2.07. The third-order valence-corrected chi connectivity index (χ3v) is 2.40. The molecule has 2 N–H and O–H groups in total. The number of benzene rings is 1. The third-order valence-electron chi connectivity index (χ3n) is 1.74. The lowest BCUT2D eigenvalue weighted by molar-refractivity contribution is -0.384. The average molecular weight is 289 g/mol. The monoisotopic (exact) mass is 288 g/mol. The summed E-state index contributed by atoms with van der Waals surface area (Å²) in [5, 5.41) is 21.6. The summed E-state index contributed by atoms with van der Waals surface area (Å²) in [6, 6.07) is 2.39. The van der Waals surface area contributed by atoms with Crippen LogP contribution in [0.1, 0.15) is 10.4 Å². The van der Waals surface area contributed by atoms with Crippen molar-refractivity contribution in [2.24, 2.45) is 0 Å². The predicted octanol–water partition coefficient (Wildman–Crippen LogP) is 1.62. The highest BCUT2D eigenvalue weighted by Gasteiger charge is 2.26. The summed E-state index contributed by atoms with van der Waals surface area (Å²) in [4.78, 5) is 30.9. The van der Waals surface area contributed by atoms with E-state index in [1.54, 1.807) is 0 Å². The Hall–Kier alpha value is -1.96. The van der Waals surface area contributed by atoms with E-state index in [2.05, 4.69) is 21.2 Å². The van der Waals surface area contributed by atoms with Crippen LogP contribution in [0.4, 0.5) is 11.4 Å². The first-order valence-corrected chi connectivity index (χ1v) is 4.68. The average Bonchev–Trinajstić information content (AvgIpc) is 2.20. The van der Waals surface area contributed by atoms with E-state index in [4.69, 9.17) is 5.11 Å². The van der Waals surface area contributed by atoms with Gasteiger partial charge in [-0.1, -0.05) is 0 Å². The highest BCUT2D eigenvalue weighted by Crippen LogP contribution is 2.35. The summed E-state index contributed by atoms with van der Waals surface area (Å²) in [5.41, 5.74) is -1.33. The molecule has 1 rings (SSSR count). The van der Waals surface area contributed by atoms with Crippen molar-refractivity contribution < 1.29 is 19.6 Å². The summed E-state index contributed by atoms with van der Waals surface area (Å²) in [6.45, 7) is 0. The highest BCUT2D eigenvalue weighted by atomic mass is 79.9. The Morgan fingerprint density at radius 2 is 2.19 bits per heavy atom. The fraction of sp³-hybridized carbons (Fsp3) is 0. The maximum absolute atomic E-state index is 10.8. The molecule has 0 saturated carbocycles. The fourth-order valence-electron chi connectivity index (χ4n) is 1.12. The Morgan fingerprint density at radius 1 is 1.56 bits per heavy atom. The van der Waals surface area contributed by atoms with Gasteiger partial charge in [0.15, 0.2) is 0 Å². The Kier molecular flexibility index (Phi) is 3.56. The van der Waals surface area contributed by atoms with Crippen LogP contribution >= 0.6 is 15.9 Å². The van der Waals surface area contributed by atoms with Crippen LogP contribution in [0, 0.1) is 10.1 Å². The number of hydrogen-bond acceptors (Lipinski definition) is 4. The molecule has 1 amide bonds. The minimum Gasteiger partial charge on any atom is -0.477 e. The Labute approximate surface area is 97.3 Å². The first kappa shape index (κ1) is 12.1. The van der Waals surface area contributed by atoms with Crippen molar-refractivity contribution >= 4 is 39.7 Å². The molecule has 0 aliphatic rings. The number of nitrogens with one attached hydrogen (secondary N) is 1. The molecule has 0 saturated heterocycles. The number of carbonyl (C=O) groups excluding carboxylic acids is 1. The van der Waals surface area contributed by atoms with Gasteiger partial charge >= 0.3 is 11.7 Å². The number of anilines is 1. The molecule has 0 bridgehead atoms. The van der Waals surface area contributed by atoms with Gasteiger partial charge in [0.05, 0.1) is 4.92 Å². The molecule has 0 aromatic heterocycles. The van der Waals surface area contributed by atoms with Crippen LogP contribution in [0.2, 0.25) is 0 Å². The third kappa shape index (κ3) is 2.16. The van der Waals surface area contributed by atoms with Crippen molar-refractivity contribution in [1.82, 2.24) is 0 Å². The number of rotatable bonds is 4. The van der Waals surface area contributed by atoms with Crippen LogP contribution in [0.25, 0.3) is 0 Å². The topological polar surface area (TPSA) is 110 Å². The molecule has 84 valence electrons. The number of nitrogens with zero attached hydrogens (tertiary/aromatic N) is 1. The van der Waals surface area contributed by atoms with Crippen LogP contribution in [0.5, 0.6) is 0 Å². The number of carboxylic acids is 1. The minimum atomic E-state index is -1.44. The van der Waals surface area contributed by atoms with Crippen molar-refractivity contribution in [3.63, 3.8) is 0 Å². The van der Waals surface area contributed by atoms with E-state index in [9.17, 15) is 19.7 Å². The smallest absolute Gasteiger partial charge is 0.342 e. The zero-order valence-electron chi connectivity index (χ0n) is 7.64. The van der Waals surface area contributed by atoms with Crippen LogP contribution < -0.4 is 5.32 Å². The molecule has 1 aromatic rings. The second kappa shape index (κ2) is 4.71. The van der Waals surface area contributed by atoms with Crippen LogP contribution in [0.3, 0.4) is 0 Å². The van der Waals surface area contributed by atoms with E-state index in [0.29, 0.717) is 0 Å². The first-order chi connectivity index (χ1) is 7.49. The van der Waals surface area contributed by atoms with E-state index in [0.717, 1.165) is 6.07 Å². The minimum absolute atomic E-state index is 0.181. The molecule has 0 atom stereocenters. The van der Waals surface area contributed by atoms with Crippen LogP contribution in [0.15, 0.2) is 16.6 Å². The number of nitro benzene ring substituents is 1. The summed E-state index contributed by atoms with van der Waals surface area (Å²) in [7, 11) is 0. The SMILES string of the molecule is O=CNc1c(Br)ccc(C(=O)O)c1[N+](=O)[O-]. The maximum Gasteiger partial charge on any atom is 0.342 e. The van der Waals surface area contributed by atoms with E-state index >= 15 is 0 Å². The molecule has 1 aromatic carbocycles. The second-order valence-corrected chi connectivity index (χ2v) is 3.50. The number of amides is 1. The molecule has 0 heterocycles. The molecule has 0 aliphatic heterocycles. The number of carbonyl (C=O) groups is 2. The molecule has 0 fully saturated rings. The second-order valence-electron chi connectivity index (χ2n) is 2.64. The van der Waals surface area contributed by atoms with Gasteiger partial charge in [0, 0.05) is 4.47 Å². The van der Waals surface area contributed by atoms with Crippen LogP contribution in [-0.2, 0) is 4.79 Å². The van der Waals surface area contributed by atoms with Gasteiger partial charge in [-0.15, -0.1) is 0 Å². The van der Waals surface area contributed by atoms with E-state index in [1.165, 1.54) is 6.07 Å². The summed E-state index contributed by atoms with van der Waals surface area (Å²) in [5.74, 6) is -1.44. The lowest BCUT2D eigenvalue weighted by Gasteiger charge is -2.05. The zero-order valence-corrected chi connectivity index (χ0v) is 9.22. The number of halogens is 1. The molecular weight excluding hydrogens is 284 g/mol. The maximum atomic E-state index is 10.8. The number of aromatic carboxylic acids is 1. The van der Waals surface area contributed by atoms with Gasteiger partial charge in [0.1, 0.15) is 11.3 Å². The summed E-state index contributed by atoms with van der Waals surface area (Å²) < 4.78 is 0.233. The summed E-state index contributed by atoms with van der Waals surface area (Å²) >= 11 is 2.98. The lowest BCUT2D eigenvalue weighted by atomic mass is 10.1. The highest BCUT2D eigenvalue weighted by molar-refractivity contribution is 9.10. The van der Waals surface area contributed by atoms with Gasteiger partial charge < -0.3 is 10.4 Å². The van der Waals surface area contributed by atoms with Crippen molar-refractivity contribution in [1.29, 1.82) is 0 Å². The Bertz CT molecular complexity index is 474. The first-order valence-electron chi connectivity index (χ1n) is 3.89. The van der Waals surface area contributed by atoms with E-state index in [1.807, 2.05) is 0 Å². The van der Waals surface area contributed by atoms with Gasteiger partial charge in [-0.25, -0.2) is 4.79 Å². The van der Waals surface area contributed by atoms with Crippen molar-refractivity contribution in [2.75, 3.05) is 5.32 Å². The van der Waals surface area contributed by atoms with Crippen molar-refractivity contribution in [3.8, 4) is 0 Å². The molecule has 0 aliphatic carbocycles. The van der Waals surface area contributed by atoms with E-state index < -0.39 is 22.1 Å². The molecule has 0 radical (unpaired) electrons. The summed E-state index contributed by atoms with van der Waals surface area (Å²) in [6.07, 6.45) is 0.235. The Balaban J connectivity index is 3.55. The van der Waals surface area contributed by atoms with E-state index in [-0.39, 0.29) is 16.6 Å². The fourth-order valence-corrected chi connectivity index (χ4v) is 1.56. The normalized spacial score (nSPS) is 9.56. The molecule has 0 unspecified atom stereocenters. The zero-order chi connectivity index (χ0) is 12.3.